The Morgan fingerprint density at radius 1 is 1.40 bits per heavy atom. The average Bonchev–Trinajstić information content (AvgIpc) is 2.17. The molecule has 0 aromatic rings. The number of ether oxygens (including phenoxy) is 1. The van der Waals surface area contributed by atoms with Gasteiger partial charge in [-0.2, -0.15) is 0 Å². The summed E-state index contributed by atoms with van der Waals surface area (Å²) in [5, 5.41) is 9.34. The number of allylic oxidation sites excluding steroid dienone is 1. The van der Waals surface area contributed by atoms with Gasteiger partial charge in [-0.3, -0.25) is 0 Å². The molecule has 4 heteroatoms. The van der Waals surface area contributed by atoms with Gasteiger partial charge in [0.15, 0.2) is 0 Å². The monoisotopic (exact) mass is 213 g/mol. The van der Waals surface area contributed by atoms with Gasteiger partial charge in [0.25, 0.3) is 0 Å². The van der Waals surface area contributed by atoms with Crippen LogP contribution in [0, 0.1) is 0 Å². The van der Waals surface area contributed by atoms with Crippen LogP contribution >= 0.6 is 0 Å². The van der Waals surface area contributed by atoms with Gasteiger partial charge in [-0.05, 0) is 32.6 Å². The Morgan fingerprint density at radius 3 is 2.40 bits per heavy atom. The van der Waals surface area contributed by atoms with E-state index >= 15 is 0 Å². The molecule has 1 saturated carbocycles. The van der Waals surface area contributed by atoms with Crippen molar-refractivity contribution in [2.24, 2.45) is 0 Å². The van der Waals surface area contributed by atoms with Gasteiger partial charge < -0.3 is 14.7 Å². The number of hydrogen-bond acceptors (Lipinski definition) is 3. The van der Waals surface area contributed by atoms with Crippen molar-refractivity contribution in [3.63, 3.8) is 0 Å². The van der Waals surface area contributed by atoms with Crippen molar-refractivity contribution < 1.29 is 14.6 Å². The Kier molecular flexibility index (Phi) is 4.15. The number of hydrogen-bond donors (Lipinski definition) is 1. The van der Waals surface area contributed by atoms with Crippen LogP contribution in [-0.2, 0) is 4.74 Å². The lowest BCUT2D eigenvalue weighted by Gasteiger charge is -2.32. The van der Waals surface area contributed by atoms with Crippen LogP contribution in [0.5, 0.6) is 0 Å². The molecule has 4 nitrogen and oxygen atoms in total. The maximum atomic E-state index is 11.5. The highest BCUT2D eigenvalue weighted by molar-refractivity contribution is 5.68. The lowest BCUT2D eigenvalue weighted by Crippen LogP contribution is -2.40. The van der Waals surface area contributed by atoms with Crippen LogP contribution < -0.4 is 0 Å². The molecule has 0 heterocycles. The average molecular weight is 213 g/mol. The van der Waals surface area contributed by atoms with E-state index in [0.29, 0.717) is 5.76 Å². The zero-order valence-corrected chi connectivity index (χ0v) is 9.40. The summed E-state index contributed by atoms with van der Waals surface area (Å²) in [4.78, 5) is 13.1. The molecule has 86 valence electrons. The normalized spacial score (nSPS) is 25.8. The predicted octanol–water partition coefficient (Wildman–Crippen LogP) is 1.89. The Labute approximate surface area is 90.5 Å². The van der Waals surface area contributed by atoms with Gasteiger partial charge >= 0.3 is 6.09 Å². The molecule has 0 aliphatic heterocycles. The second-order valence-electron chi connectivity index (χ2n) is 4.14. The zero-order valence-electron chi connectivity index (χ0n) is 9.40. The van der Waals surface area contributed by atoms with Crippen molar-refractivity contribution in [1.82, 2.24) is 4.90 Å². The van der Waals surface area contributed by atoms with Crippen molar-refractivity contribution in [1.29, 1.82) is 0 Å². The molecule has 1 N–H and O–H groups in total. The van der Waals surface area contributed by atoms with Crippen LogP contribution in [-0.4, -0.2) is 35.3 Å². The van der Waals surface area contributed by atoms with E-state index in [-0.39, 0.29) is 18.2 Å². The second-order valence-corrected chi connectivity index (χ2v) is 4.14. The smallest absolute Gasteiger partial charge is 0.414 e. The molecular weight excluding hydrogens is 194 g/mol. The molecule has 1 aliphatic rings. The third-order valence-corrected chi connectivity index (χ3v) is 2.76. The van der Waals surface area contributed by atoms with Crippen molar-refractivity contribution >= 4 is 6.09 Å². The summed E-state index contributed by atoms with van der Waals surface area (Å²) < 4.78 is 4.92. The third-order valence-electron chi connectivity index (χ3n) is 2.76. The molecule has 0 aromatic heterocycles. The highest BCUT2D eigenvalue weighted by atomic mass is 16.6. The SMILES string of the molecule is C=C(C)OC(=O)N(C)[C@H]1CC[C@@H](O)CC1. The molecule has 0 saturated heterocycles. The van der Waals surface area contributed by atoms with E-state index in [1.807, 2.05) is 0 Å². The van der Waals surface area contributed by atoms with Crippen LogP contribution in [0.15, 0.2) is 12.3 Å². The Morgan fingerprint density at radius 2 is 1.93 bits per heavy atom. The first-order chi connectivity index (χ1) is 7.00. The minimum Gasteiger partial charge on any atom is -0.416 e. The summed E-state index contributed by atoms with van der Waals surface area (Å²) >= 11 is 0. The van der Waals surface area contributed by atoms with Crippen LogP contribution in [0.25, 0.3) is 0 Å². The molecule has 1 fully saturated rings. The highest BCUT2D eigenvalue weighted by Crippen LogP contribution is 2.22. The van der Waals surface area contributed by atoms with Crippen molar-refractivity contribution in [2.75, 3.05) is 7.05 Å². The van der Waals surface area contributed by atoms with E-state index in [4.69, 9.17) is 4.74 Å². The summed E-state index contributed by atoms with van der Waals surface area (Å²) in [5.41, 5.74) is 0. The minimum atomic E-state index is -0.358. The van der Waals surface area contributed by atoms with Crippen molar-refractivity contribution in [3.05, 3.63) is 12.3 Å². The lowest BCUT2D eigenvalue weighted by atomic mass is 9.92. The molecule has 1 aliphatic carbocycles. The van der Waals surface area contributed by atoms with Gasteiger partial charge in [-0.15, -0.1) is 0 Å². The van der Waals surface area contributed by atoms with Crippen LogP contribution in [0.2, 0.25) is 0 Å². The Bertz CT molecular complexity index is 244. The lowest BCUT2D eigenvalue weighted by molar-refractivity contribution is 0.0736. The maximum absolute atomic E-state index is 11.5. The van der Waals surface area contributed by atoms with E-state index in [0.717, 1.165) is 25.7 Å². The number of carbonyl (C=O) groups excluding carboxylic acids is 1. The van der Waals surface area contributed by atoms with E-state index in [2.05, 4.69) is 6.58 Å². The fourth-order valence-corrected chi connectivity index (χ4v) is 1.82. The van der Waals surface area contributed by atoms with Gasteiger partial charge in [-0.25, -0.2) is 4.79 Å². The number of aliphatic hydroxyl groups excluding tert-OH is 1. The quantitative estimate of drug-likeness (QED) is 0.713. The van der Waals surface area contributed by atoms with Crippen LogP contribution in [0.4, 0.5) is 4.79 Å². The summed E-state index contributed by atoms with van der Waals surface area (Å²) in [6, 6.07) is 0.181. The second kappa shape index (κ2) is 5.16. The number of aliphatic hydroxyl groups is 1. The molecule has 1 rings (SSSR count). The molecule has 0 bridgehead atoms. The fourth-order valence-electron chi connectivity index (χ4n) is 1.82. The van der Waals surface area contributed by atoms with Crippen LogP contribution in [0.3, 0.4) is 0 Å². The Balaban J connectivity index is 2.42. The van der Waals surface area contributed by atoms with E-state index in [1.165, 1.54) is 0 Å². The Hall–Kier alpha value is -1.03. The number of rotatable bonds is 2. The fraction of sp³-hybridized carbons (Fsp3) is 0.727. The first-order valence-electron chi connectivity index (χ1n) is 5.29. The minimum absolute atomic E-state index is 0.181. The molecule has 0 unspecified atom stereocenters. The van der Waals surface area contributed by atoms with Gasteiger partial charge in [0.1, 0.15) is 0 Å². The van der Waals surface area contributed by atoms with E-state index in [1.54, 1.807) is 18.9 Å². The summed E-state index contributed by atoms with van der Waals surface area (Å²) in [7, 11) is 1.73. The molecular formula is C11H19NO3. The van der Waals surface area contributed by atoms with Gasteiger partial charge in [0.05, 0.1) is 11.9 Å². The summed E-state index contributed by atoms with van der Waals surface area (Å²) in [6.07, 6.45) is 2.63. The summed E-state index contributed by atoms with van der Waals surface area (Å²) in [6.45, 7) is 5.17. The standard InChI is InChI=1S/C11H19NO3/c1-8(2)15-11(14)12(3)9-4-6-10(13)7-5-9/h9-10,13H,1,4-7H2,2-3H3/t9-,10+. The van der Waals surface area contributed by atoms with Crippen LogP contribution in [0.1, 0.15) is 32.6 Å². The molecule has 15 heavy (non-hydrogen) atoms. The van der Waals surface area contributed by atoms with E-state index < -0.39 is 0 Å². The maximum Gasteiger partial charge on any atom is 0.414 e. The van der Waals surface area contributed by atoms with Gasteiger partial charge in [0, 0.05) is 13.1 Å². The first kappa shape index (κ1) is 12.0. The van der Waals surface area contributed by atoms with Gasteiger partial charge in [-0.1, -0.05) is 6.58 Å². The topological polar surface area (TPSA) is 49.8 Å². The zero-order chi connectivity index (χ0) is 11.4. The molecule has 0 aromatic carbocycles. The molecule has 0 atom stereocenters. The molecule has 0 radical (unpaired) electrons. The van der Waals surface area contributed by atoms with Crippen molar-refractivity contribution in [3.8, 4) is 0 Å². The number of amides is 1. The first-order valence-corrected chi connectivity index (χ1v) is 5.29. The molecule has 0 spiro atoms. The molecule has 1 amide bonds. The predicted molar refractivity (Wildman–Crippen MR) is 57.3 cm³/mol. The van der Waals surface area contributed by atoms with E-state index in [9.17, 15) is 9.90 Å². The summed E-state index contributed by atoms with van der Waals surface area (Å²) in [5.74, 6) is 0.405. The largest absolute Gasteiger partial charge is 0.416 e. The van der Waals surface area contributed by atoms with Crippen molar-refractivity contribution in [2.45, 2.75) is 44.8 Å². The third kappa shape index (κ3) is 3.55. The number of carbonyl (C=O) groups is 1. The highest BCUT2D eigenvalue weighted by Gasteiger charge is 2.26. The van der Waals surface area contributed by atoms with Gasteiger partial charge in [0.2, 0.25) is 0 Å². The number of nitrogens with zero attached hydrogens (tertiary/aromatic N) is 1.